The molecule has 0 saturated carbocycles. The summed E-state index contributed by atoms with van der Waals surface area (Å²) in [5, 5.41) is 0.588. The first-order valence-electron chi connectivity index (χ1n) is 7.86. The maximum absolute atomic E-state index is 13.1. The number of carbonyl (C=O) groups is 1. The van der Waals surface area contributed by atoms with Crippen LogP contribution in [0.2, 0.25) is 5.02 Å². The summed E-state index contributed by atoms with van der Waals surface area (Å²) in [4.78, 5) is 14.8. The van der Waals surface area contributed by atoms with E-state index >= 15 is 0 Å². The van der Waals surface area contributed by atoms with Crippen LogP contribution in [0.3, 0.4) is 0 Å². The van der Waals surface area contributed by atoms with Crippen LogP contribution in [0.25, 0.3) is 0 Å². The Morgan fingerprint density at radius 3 is 2.60 bits per heavy atom. The van der Waals surface area contributed by atoms with Crippen molar-refractivity contribution >= 4 is 43.3 Å². The molecule has 0 radical (unpaired) electrons. The van der Waals surface area contributed by atoms with E-state index in [0.29, 0.717) is 28.0 Å². The minimum Gasteiger partial charge on any atom is -0.330 e. The highest BCUT2D eigenvalue weighted by molar-refractivity contribution is 9.10. The molecule has 2 aromatic carbocycles. The number of nitrogens with zero attached hydrogens (tertiary/aromatic N) is 1. The normalized spacial score (nSPS) is 18.9. The fourth-order valence-electron chi connectivity index (χ4n) is 3.01. The van der Waals surface area contributed by atoms with Gasteiger partial charge in [-0.1, -0.05) is 35.9 Å². The van der Waals surface area contributed by atoms with Crippen LogP contribution in [0.4, 0.5) is 0 Å². The monoisotopic (exact) mass is 441 g/mol. The zero-order chi connectivity index (χ0) is 18.0. The third kappa shape index (κ3) is 4.43. The van der Waals surface area contributed by atoms with Crippen LogP contribution in [0, 0.1) is 0 Å². The van der Waals surface area contributed by atoms with E-state index in [1.807, 2.05) is 18.2 Å². The molecule has 0 aliphatic carbocycles. The second-order valence-corrected chi connectivity index (χ2v) is 9.62. The van der Waals surface area contributed by atoms with Crippen LogP contribution in [0.15, 0.2) is 53.0 Å². The van der Waals surface area contributed by atoms with E-state index in [-0.39, 0.29) is 23.5 Å². The Hall–Kier alpha value is -1.37. The van der Waals surface area contributed by atoms with Crippen LogP contribution >= 0.6 is 27.5 Å². The molecule has 0 spiro atoms. The van der Waals surface area contributed by atoms with Crippen LogP contribution < -0.4 is 0 Å². The lowest BCUT2D eigenvalue weighted by Gasteiger charge is -2.29. The van der Waals surface area contributed by atoms with Crippen molar-refractivity contribution in [3.05, 3.63) is 69.2 Å². The molecule has 1 aliphatic heterocycles. The number of benzene rings is 2. The second kappa shape index (κ2) is 7.48. The molecule has 1 saturated heterocycles. The molecule has 0 aromatic heterocycles. The van der Waals surface area contributed by atoms with Crippen molar-refractivity contribution < 1.29 is 13.2 Å². The zero-order valence-corrected chi connectivity index (χ0v) is 16.5. The molecule has 0 bridgehead atoms. The second-order valence-electron chi connectivity index (χ2n) is 6.10. The number of hydrogen-bond acceptors (Lipinski definition) is 3. The lowest BCUT2D eigenvalue weighted by molar-refractivity contribution is 0.0680. The van der Waals surface area contributed by atoms with Crippen molar-refractivity contribution in [2.75, 3.05) is 11.5 Å². The Morgan fingerprint density at radius 1 is 1.20 bits per heavy atom. The third-order valence-electron chi connectivity index (χ3n) is 4.26. The average molecular weight is 443 g/mol. The largest absolute Gasteiger partial charge is 0.330 e. The van der Waals surface area contributed by atoms with Crippen molar-refractivity contribution in [2.45, 2.75) is 19.0 Å². The molecule has 1 atom stereocenters. The topological polar surface area (TPSA) is 54.5 Å². The maximum Gasteiger partial charge on any atom is 0.255 e. The molecule has 0 unspecified atom stereocenters. The van der Waals surface area contributed by atoms with Gasteiger partial charge in [-0.3, -0.25) is 4.79 Å². The molecule has 4 nitrogen and oxygen atoms in total. The van der Waals surface area contributed by atoms with Gasteiger partial charge >= 0.3 is 0 Å². The van der Waals surface area contributed by atoms with Crippen molar-refractivity contribution in [2.24, 2.45) is 0 Å². The quantitative estimate of drug-likeness (QED) is 0.721. The summed E-state index contributed by atoms with van der Waals surface area (Å²) < 4.78 is 24.5. The van der Waals surface area contributed by atoms with Gasteiger partial charge in [-0.15, -0.1) is 0 Å². The van der Waals surface area contributed by atoms with Crippen LogP contribution in [0.1, 0.15) is 22.3 Å². The van der Waals surface area contributed by atoms with Crippen molar-refractivity contribution in [1.82, 2.24) is 4.90 Å². The van der Waals surface area contributed by atoms with E-state index in [0.717, 1.165) is 5.56 Å². The van der Waals surface area contributed by atoms with Gasteiger partial charge in [0.25, 0.3) is 5.91 Å². The van der Waals surface area contributed by atoms with E-state index < -0.39 is 9.84 Å². The van der Waals surface area contributed by atoms with E-state index in [2.05, 4.69) is 15.9 Å². The molecular formula is C18H17BrClNO3S. The summed E-state index contributed by atoms with van der Waals surface area (Å²) in [7, 11) is -3.10. The van der Waals surface area contributed by atoms with Gasteiger partial charge < -0.3 is 4.90 Å². The number of sulfone groups is 1. The van der Waals surface area contributed by atoms with Gasteiger partial charge in [0, 0.05) is 22.1 Å². The SMILES string of the molecule is O=C(c1ccccc1Br)N(Cc1cccc(Cl)c1)[C@H]1CCS(=O)(=O)C1. The highest BCUT2D eigenvalue weighted by atomic mass is 79.9. The molecule has 1 heterocycles. The summed E-state index contributed by atoms with van der Waals surface area (Å²) in [5.41, 5.74) is 1.39. The van der Waals surface area contributed by atoms with E-state index in [4.69, 9.17) is 11.6 Å². The molecule has 1 aliphatic rings. The average Bonchev–Trinajstić information content (AvgIpc) is 2.92. The first-order valence-corrected chi connectivity index (χ1v) is 10.9. The summed E-state index contributed by atoms with van der Waals surface area (Å²) in [6, 6.07) is 14.1. The van der Waals surface area contributed by atoms with Gasteiger partial charge in [0.05, 0.1) is 17.1 Å². The van der Waals surface area contributed by atoms with E-state index in [1.165, 1.54) is 0 Å². The van der Waals surface area contributed by atoms with Crippen LogP contribution in [0.5, 0.6) is 0 Å². The summed E-state index contributed by atoms with van der Waals surface area (Å²) >= 11 is 9.45. The fraction of sp³-hybridized carbons (Fsp3) is 0.278. The smallest absolute Gasteiger partial charge is 0.255 e. The van der Waals surface area contributed by atoms with Gasteiger partial charge in [0.2, 0.25) is 0 Å². The molecule has 7 heteroatoms. The lowest BCUT2D eigenvalue weighted by atomic mass is 10.1. The van der Waals surface area contributed by atoms with Gasteiger partial charge in [0.1, 0.15) is 0 Å². The summed E-state index contributed by atoms with van der Waals surface area (Å²) in [5.74, 6) is -0.0639. The Morgan fingerprint density at radius 2 is 1.96 bits per heavy atom. The highest BCUT2D eigenvalue weighted by Crippen LogP contribution is 2.25. The Bertz CT molecular complexity index is 901. The number of amides is 1. The summed E-state index contributed by atoms with van der Waals surface area (Å²) in [6.45, 7) is 0.320. The molecule has 1 fully saturated rings. The Kier molecular flexibility index (Phi) is 5.51. The fourth-order valence-corrected chi connectivity index (χ4v) is 5.41. The minimum atomic E-state index is -3.10. The van der Waals surface area contributed by atoms with Crippen LogP contribution in [-0.2, 0) is 16.4 Å². The maximum atomic E-state index is 13.1. The molecule has 132 valence electrons. The zero-order valence-electron chi connectivity index (χ0n) is 13.4. The van der Waals surface area contributed by atoms with Crippen molar-refractivity contribution in [1.29, 1.82) is 0 Å². The minimum absolute atomic E-state index is 0.00373. The standard InChI is InChI=1S/C18H17BrClNO3S/c19-17-7-2-1-6-16(17)18(22)21(15-8-9-25(23,24)12-15)11-13-4-3-5-14(20)10-13/h1-7,10,15H,8-9,11-12H2/t15-/m0/s1. The van der Waals surface area contributed by atoms with Crippen molar-refractivity contribution in [3.8, 4) is 0 Å². The third-order valence-corrected chi connectivity index (χ3v) is 6.93. The van der Waals surface area contributed by atoms with Crippen molar-refractivity contribution in [3.63, 3.8) is 0 Å². The van der Waals surface area contributed by atoms with Gasteiger partial charge in [-0.05, 0) is 52.2 Å². The number of hydrogen-bond donors (Lipinski definition) is 0. The summed E-state index contributed by atoms with van der Waals surface area (Å²) in [6.07, 6.45) is 0.457. The predicted molar refractivity (Wildman–Crippen MR) is 103 cm³/mol. The van der Waals surface area contributed by atoms with E-state index in [1.54, 1.807) is 35.2 Å². The number of carbonyl (C=O) groups excluding carboxylic acids is 1. The Balaban J connectivity index is 1.94. The van der Waals surface area contributed by atoms with Gasteiger partial charge in [0.15, 0.2) is 9.84 Å². The lowest BCUT2D eigenvalue weighted by Crippen LogP contribution is -2.40. The molecule has 0 N–H and O–H groups in total. The van der Waals surface area contributed by atoms with E-state index in [9.17, 15) is 13.2 Å². The molecule has 25 heavy (non-hydrogen) atoms. The van der Waals surface area contributed by atoms with Gasteiger partial charge in [-0.2, -0.15) is 0 Å². The van der Waals surface area contributed by atoms with Crippen LogP contribution in [-0.4, -0.2) is 36.8 Å². The first kappa shape index (κ1) is 18.4. The number of rotatable bonds is 4. The predicted octanol–water partition coefficient (Wildman–Crippen LogP) is 3.93. The van der Waals surface area contributed by atoms with Gasteiger partial charge in [-0.25, -0.2) is 8.42 Å². The molecule has 3 rings (SSSR count). The highest BCUT2D eigenvalue weighted by Gasteiger charge is 2.35. The molecule has 1 amide bonds. The first-order chi connectivity index (χ1) is 11.9. The Labute approximate surface area is 160 Å². The number of halogens is 2. The molecule has 2 aromatic rings. The molecular weight excluding hydrogens is 426 g/mol.